The molecule has 2 amide bonds. The molecule has 3 fully saturated rings. The van der Waals surface area contributed by atoms with E-state index >= 15 is 0 Å². The Morgan fingerprint density at radius 3 is 1.63 bits per heavy atom. The van der Waals surface area contributed by atoms with Crippen molar-refractivity contribution >= 4 is 31.9 Å². The average Bonchev–Trinajstić information content (AvgIpc) is 4.22. The van der Waals surface area contributed by atoms with E-state index in [0.717, 1.165) is 61.6 Å². The second-order valence-electron chi connectivity index (χ2n) is 16.9. The zero-order valence-electron chi connectivity index (χ0n) is 40.3. The number of carbonyl (C=O) groups is 2. The van der Waals surface area contributed by atoms with E-state index in [2.05, 4.69) is 27.7 Å². The number of hydrogen-bond acceptors (Lipinski definition) is 14. The van der Waals surface area contributed by atoms with Gasteiger partial charge in [-0.3, -0.25) is 19.3 Å². The summed E-state index contributed by atoms with van der Waals surface area (Å²) in [7, 11) is -4.78. The van der Waals surface area contributed by atoms with Crippen LogP contribution in [0.25, 0.3) is 0 Å². The van der Waals surface area contributed by atoms with Gasteiger partial charge in [0.2, 0.25) is 11.8 Å². The number of hydrogen-bond donors (Lipinski definition) is 4. The van der Waals surface area contributed by atoms with Gasteiger partial charge in [0.05, 0.1) is 80.8 Å². The quantitative estimate of drug-likeness (QED) is 0.0560. The second kappa shape index (κ2) is 30.1. The molecule has 4 N–H and O–H groups in total. The van der Waals surface area contributed by atoms with Crippen LogP contribution in [0.15, 0.2) is 119 Å². The molecule has 3 aliphatic rings. The molecule has 4 aromatic rings. The summed E-state index contributed by atoms with van der Waals surface area (Å²) in [5, 5.41) is 16.7. The highest BCUT2D eigenvalue weighted by molar-refractivity contribution is 7.89. The van der Waals surface area contributed by atoms with E-state index in [1.807, 2.05) is 48.5 Å². The summed E-state index contributed by atoms with van der Waals surface area (Å²) >= 11 is 0. The van der Waals surface area contributed by atoms with Crippen molar-refractivity contribution in [3.63, 3.8) is 0 Å². The number of nitrogens with zero attached hydrogens (tertiary/aromatic N) is 1. The number of benzene rings is 4. The summed E-state index contributed by atoms with van der Waals surface area (Å²) in [4.78, 5) is 35.9. The molecule has 3 heterocycles. The highest BCUT2D eigenvalue weighted by Crippen LogP contribution is 2.23. The fraction of sp³-hybridized carbons (Fsp3) is 0.490. The van der Waals surface area contributed by atoms with Crippen molar-refractivity contribution in [3.05, 3.63) is 120 Å². The number of ether oxygens (including phenoxy) is 5. The predicted octanol–water partition coefficient (Wildman–Crippen LogP) is 5.54. The van der Waals surface area contributed by atoms with Crippen LogP contribution < -0.4 is 25.0 Å². The first kappa shape index (κ1) is 58.6. The number of epoxide rings is 1. The van der Waals surface area contributed by atoms with Crippen molar-refractivity contribution < 1.29 is 64.9 Å². The molecule has 3 saturated heterocycles. The van der Waals surface area contributed by atoms with Crippen LogP contribution in [0.2, 0.25) is 0 Å². The molecule has 6 atom stereocenters. The minimum atomic E-state index is -4.13. The molecular weight excluding hydrogens is 957 g/mol. The van der Waals surface area contributed by atoms with E-state index in [-0.39, 0.29) is 73.1 Å². The molecule has 6 unspecified atom stereocenters. The topological polar surface area (TPSA) is 230 Å². The molecule has 0 bridgehead atoms. The highest BCUT2D eigenvalue weighted by Gasteiger charge is 2.34. The van der Waals surface area contributed by atoms with Crippen LogP contribution in [0.4, 0.5) is 0 Å². The van der Waals surface area contributed by atoms with Gasteiger partial charge in [0.15, 0.2) is 0 Å². The SMILES string of the molecule is C.CC(=O)NC(Cc1ccccc1)C1CO1.COc1ccc(S(=O)(=O)N(CC(O)C(Cc2ccccc2)NC(C)=O)OCC2CCCCO2)cc1.COc1ccc(S(=O)(=O)NOCC2CCCCO2)cc1. The molecule has 0 radical (unpaired) electrons. The lowest BCUT2D eigenvalue weighted by molar-refractivity contribution is -0.148. The zero-order valence-corrected chi connectivity index (χ0v) is 41.9. The maximum atomic E-state index is 13.5. The standard InChI is InChI=1S/C25H34N2O7S.C13H19NO5S.C12H15NO2.CH4/c1-19(28)26-24(16-20-8-4-3-5-9-20)25(29)17-27(34-18-22-10-6-7-15-33-22)35(30,31)23-13-11-21(32-2)12-14-23;1-17-11-5-7-13(8-6-11)20(15,16)14-19-10-12-4-2-3-9-18-12;1-9(14)13-11(12-8-15-12)7-10-5-3-2-4-6-10;/h3-5,8-9,11-14,22,24-25,29H,6-7,10,15-18H2,1-2H3,(H,26,28);5-8,12,14H,2-4,9-10H2,1H3;2-6,11-12H,7-8H2,1H3,(H,13,14);1H4. The zero-order chi connectivity index (χ0) is 50.4. The van der Waals surface area contributed by atoms with Crippen LogP contribution in [0.5, 0.6) is 11.5 Å². The van der Waals surface area contributed by atoms with Gasteiger partial charge >= 0.3 is 0 Å². The molecule has 0 saturated carbocycles. The van der Waals surface area contributed by atoms with E-state index in [1.165, 1.54) is 51.0 Å². The molecule has 18 nitrogen and oxygen atoms in total. The number of hydroxylamine groups is 1. The fourth-order valence-electron chi connectivity index (χ4n) is 7.52. The Kier molecular flexibility index (Phi) is 24.9. The number of nitrogens with one attached hydrogen (secondary N) is 3. The van der Waals surface area contributed by atoms with Gasteiger partial charge < -0.3 is 39.4 Å². The van der Waals surface area contributed by atoms with Gasteiger partial charge in [0.1, 0.15) is 17.6 Å². The Hall–Kier alpha value is -5.00. The smallest absolute Gasteiger partial charge is 0.265 e. The van der Waals surface area contributed by atoms with E-state index in [0.29, 0.717) is 31.1 Å². The van der Waals surface area contributed by atoms with Crippen LogP contribution in [0.1, 0.15) is 70.9 Å². The molecular formula is C51H72N4O14S2. The van der Waals surface area contributed by atoms with Gasteiger partial charge in [-0.15, -0.1) is 0 Å². The van der Waals surface area contributed by atoms with Crippen molar-refractivity contribution in [1.29, 1.82) is 0 Å². The Morgan fingerprint density at radius 2 is 1.17 bits per heavy atom. The summed E-state index contributed by atoms with van der Waals surface area (Å²) in [6.07, 6.45) is 5.58. The van der Waals surface area contributed by atoms with Crippen LogP contribution >= 0.6 is 0 Å². The molecule has 0 spiro atoms. The predicted molar refractivity (Wildman–Crippen MR) is 267 cm³/mol. The van der Waals surface area contributed by atoms with Gasteiger partial charge in [-0.25, -0.2) is 16.8 Å². The van der Waals surface area contributed by atoms with Crippen molar-refractivity contribution in [2.75, 3.05) is 53.8 Å². The van der Waals surface area contributed by atoms with E-state index < -0.39 is 32.2 Å². The summed E-state index contributed by atoms with van der Waals surface area (Å²) in [5.74, 6) is 0.790. The number of amides is 2. The van der Waals surface area contributed by atoms with Gasteiger partial charge in [0, 0.05) is 27.1 Å². The lowest BCUT2D eigenvalue weighted by atomic mass is 10.0. The molecule has 0 aromatic heterocycles. The molecule has 4 aromatic carbocycles. The van der Waals surface area contributed by atoms with Crippen molar-refractivity contribution in [2.24, 2.45) is 0 Å². The third-order valence-electron chi connectivity index (χ3n) is 11.4. The maximum absolute atomic E-state index is 13.5. The van der Waals surface area contributed by atoms with Crippen molar-refractivity contribution in [3.8, 4) is 11.5 Å². The minimum Gasteiger partial charge on any atom is -0.497 e. The van der Waals surface area contributed by atoms with Crippen LogP contribution in [0, 0.1) is 0 Å². The van der Waals surface area contributed by atoms with Gasteiger partial charge in [0.25, 0.3) is 20.0 Å². The van der Waals surface area contributed by atoms with E-state index in [4.69, 9.17) is 33.4 Å². The lowest BCUT2D eigenvalue weighted by Crippen LogP contribution is -2.50. The number of methoxy groups -OCH3 is 2. The molecule has 0 aliphatic carbocycles. The average molecular weight is 1030 g/mol. The third-order valence-corrected chi connectivity index (χ3v) is 14.3. The third kappa shape index (κ3) is 20.6. The van der Waals surface area contributed by atoms with Gasteiger partial charge in [-0.1, -0.05) is 77.4 Å². The highest BCUT2D eigenvalue weighted by atomic mass is 32.2. The number of aliphatic hydroxyl groups is 1. The molecule has 3 aliphatic heterocycles. The number of sulfonamides is 2. The van der Waals surface area contributed by atoms with E-state index in [9.17, 15) is 31.5 Å². The summed E-state index contributed by atoms with van der Waals surface area (Å²) < 4.78 is 78.1. The monoisotopic (exact) mass is 1030 g/mol. The Labute approximate surface area is 419 Å². The summed E-state index contributed by atoms with van der Waals surface area (Å²) in [6.45, 7) is 4.84. The van der Waals surface area contributed by atoms with Crippen LogP contribution in [0.3, 0.4) is 0 Å². The van der Waals surface area contributed by atoms with Crippen molar-refractivity contribution in [2.45, 2.75) is 119 Å². The van der Waals surface area contributed by atoms with Crippen LogP contribution in [-0.4, -0.2) is 129 Å². The minimum absolute atomic E-state index is 0. The molecule has 71 heavy (non-hydrogen) atoms. The van der Waals surface area contributed by atoms with Gasteiger partial charge in [-0.05, 0) is 111 Å². The lowest BCUT2D eigenvalue weighted by Gasteiger charge is -2.30. The Balaban J connectivity index is 0.000000255. The molecule has 20 heteroatoms. The van der Waals surface area contributed by atoms with Crippen LogP contribution in [-0.2, 0) is 66.4 Å². The Bertz CT molecular complexity index is 2370. The number of rotatable bonds is 22. The normalized spacial score (nSPS) is 18.9. The van der Waals surface area contributed by atoms with E-state index in [1.54, 1.807) is 31.2 Å². The first-order valence-corrected chi connectivity index (χ1v) is 26.3. The first-order valence-electron chi connectivity index (χ1n) is 23.4. The largest absolute Gasteiger partial charge is 0.497 e. The van der Waals surface area contributed by atoms with Crippen molar-refractivity contribution in [1.82, 2.24) is 20.0 Å². The summed E-state index contributed by atoms with van der Waals surface area (Å²) in [6, 6.07) is 30.9. The fourth-order valence-corrected chi connectivity index (χ4v) is 9.60. The van der Waals surface area contributed by atoms with Gasteiger partial charge in [-0.2, -0.15) is 0 Å². The number of aliphatic hydroxyl groups excluding tert-OH is 1. The second-order valence-corrected chi connectivity index (χ2v) is 20.4. The molecule has 392 valence electrons. The maximum Gasteiger partial charge on any atom is 0.265 e. The number of carbonyl (C=O) groups excluding carboxylic acids is 2. The summed E-state index contributed by atoms with van der Waals surface area (Å²) in [5.41, 5.74) is 2.12. The Morgan fingerprint density at radius 1 is 0.676 bits per heavy atom. The molecule has 7 rings (SSSR count). The first-order chi connectivity index (χ1) is 33.7.